The van der Waals surface area contributed by atoms with Gasteiger partial charge in [0.25, 0.3) is 0 Å². The smallest absolute Gasteiger partial charge is 0.0831 e. The van der Waals surface area contributed by atoms with Gasteiger partial charge in [-0.25, -0.2) is 0 Å². The lowest BCUT2D eigenvalue weighted by atomic mass is 9.69. The molecule has 0 spiro atoms. The van der Waals surface area contributed by atoms with E-state index in [1.54, 1.807) is 0 Å². The molecule has 17 heavy (non-hydrogen) atoms. The van der Waals surface area contributed by atoms with E-state index in [-0.39, 0.29) is 11.6 Å². The summed E-state index contributed by atoms with van der Waals surface area (Å²) in [6.45, 7) is 2.35. The van der Waals surface area contributed by atoms with Gasteiger partial charge in [-0.2, -0.15) is 0 Å². The van der Waals surface area contributed by atoms with Crippen LogP contribution < -0.4 is 5.73 Å². The topological polar surface area (TPSA) is 35.2 Å². The second-order valence-electron chi connectivity index (χ2n) is 6.38. The van der Waals surface area contributed by atoms with Crippen LogP contribution in [0.3, 0.4) is 0 Å². The molecule has 2 aliphatic rings. The molecule has 0 saturated heterocycles. The molecule has 2 rings (SSSR count). The molecule has 2 fully saturated rings. The van der Waals surface area contributed by atoms with Crippen LogP contribution in [0.25, 0.3) is 0 Å². The lowest BCUT2D eigenvalue weighted by Gasteiger charge is -2.46. The number of methoxy groups -OCH3 is 1. The summed E-state index contributed by atoms with van der Waals surface area (Å²) in [5, 5.41) is 0. The molecule has 2 aliphatic carbocycles. The highest BCUT2D eigenvalue weighted by molar-refractivity contribution is 4.98. The summed E-state index contributed by atoms with van der Waals surface area (Å²) in [6, 6.07) is 0.264. The third kappa shape index (κ3) is 2.85. The van der Waals surface area contributed by atoms with Crippen LogP contribution in [-0.2, 0) is 4.74 Å². The van der Waals surface area contributed by atoms with Gasteiger partial charge in [-0.3, -0.25) is 0 Å². The lowest BCUT2D eigenvalue weighted by molar-refractivity contribution is -0.0816. The second-order valence-corrected chi connectivity index (χ2v) is 6.38. The van der Waals surface area contributed by atoms with Crippen molar-refractivity contribution < 1.29 is 4.74 Å². The first kappa shape index (κ1) is 13.4. The maximum absolute atomic E-state index is 6.59. The van der Waals surface area contributed by atoms with Crippen LogP contribution >= 0.6 is 0 Å². The van der Waals surface area contributed by atoms with Crippen LogP contribution in [-0.4, -0.2) is 18.8 Å². The minimum atomic E-state index is -0.00544. The third-order valence-corrected chi connectivity index (χ3v) is 5.29. The van der Waals surface area contributed by atoms with Gasteiger partial charge >= 0.3 is 0 Å². The number of ether oxygens (including phenoxy) is 1. The van der Waals surface area contributed by atoms with Crippen molar-refractivity contribution in [1.82, 2.24) is 0 Å². The summed E-state index contributed by atoms with van der Waals surface area (Å²) < 4.78 is 5.92. The minimum absolute atomic E-state index is 0.00544. The Bertz CT molecular complexity index is 227. The summed E-state index contributed by atoms with van der Waals surface area (Å²) in [5.74, 6) is 1.56. The van der Waals surface area contributed by atoms with Gasteiger partial charge in [0.2, 0.25) is 0 Å². The molecule has 100 valence electrons. The largest absolute Gasteiger partial charge is 0.377 e. The van der Waals surface area contributed by atoms with E-state index < -0.39 is 0 Å². The minimum Gasteiger partial charge on any atom is -0.377 e. The van der Waals surface area contributed by atoms with E-state index in [0.29, 0.717) is 5.92 Å². The van der Waals surface area contributed by atoms with Crippen molar-refractivity contribution in [2.24, 2.45) is 17.6 Å². The SMILES string of the molecule is COC1(C(N)C2CCCCC2)CCC(C)CC1. The molecule has 1 atom stereocenters. The third-order valence-electron chi connectivity index (χ3n) is 5.29. The fourth-order valence-electron chi connectivity index (χ4n) is 3.85. The Morgan fingerprint density at radius 2 is 1.65 bits per heavy atom. The van der Waals surface area contributed by atoms with Crippen LogP contribution in [0, 0.1) is 11.8 Å². The molecule has 1 unspecified atom stereocenters. The number of hydrogen-bond donors (Lipinski definition) is 1. The second kappa shape index (κ2) is 5.71. The zero-order valence-corrected chi connectivity index (χ0v) is 11.6. The predicted molar refractivity (Wildman–Crippen MR) is 71.9 cm³/mol. The van der Waals surface area contributed by atoms with Gasteiger partial charge < -0.3 is 10.5 Å². The quantitative estimate of drug-likeness (QED) is 0.818. The lowest BCUT2D eigenvalue weighted by Crippen LogP contribution is -2.55. The monoisotopic (exact) mass is 239 g/mol. The van der Waals surface area contributed by atoms with E-state index in [2.05, 4.69) is 6.92 Å². The standard InChI is InChI=1S/C15H29NO/c1-12-8-10-15(17-2,11-9-12)14(16)13-6-4-3-5-7-13/h12-14H,3-11,16H2,1-2H3. The van der Waals surface area contributed by atoms with Crippen LogP contribution in [0.1, 0.15) is 64.7 Å². The molecule has 2 nitrogen and oxygen atoms in total. The van der Waals surface area contributed by atoms with E-state index in [4.69, 9.17) is 10.5 Å². The molecule has 2 heteroatoms. The molecule has 0 heterocycles. The molecule has 0 aromatic rings. The van der Waals surface area contributed by atoms with Crippen molar-refractivity contribution in [3.8, 4) is 0 Å². The number of nitrogens with two attached hydrogens (primary N) is 1. The van der Waals surface area contributed by atoms with Gasteiger partial charge in [-0.15, -0.1) is 0 Å². The van der Waals surface area contributed by atoms with Crippen molar-refractivity contribution in [1.29, 1.82) is 0 Å². The van der Waals surface area contributed by atoms with Crippen molar-refractivity contribution in [2.75, 3.05) is 7.11 Å². The van der Waals surface area contributed by atoms with Crippen LogP contribution in [0.2, 0.25) is 0 Å². The molecule has 0 aromatic heterocycles. The van der Waals surface area contributed by atoms with E-state index >= 15 is 0 Å². The summed E-state index contributed by atoms with van der Waals surface area (Å²) >= 11 is 0. The molecular weight excluding hydrogens is 210 g/mol. The Balaban J connectivity index is 2.00. The Labute approximate surface area is 106 Å². The molecule has 0 aliphatic heterocycles. The number of hydrogen-bond acceptors (Lipinski definition) is 2. The Kier molecular flexibility index (Phi) is 4.48. The first-order chi connectivity index (χ1) is 8.18. The van der Waals surface area contributed by atoms with Gasteiger partial charge in [0.1, 0.15) is 0 Å². The highest BCUT2D eigenvalue weighted by Gasteiger charge is 2.43. The zero-order chi connectivity index (χ0) is 12.3. The van der Waals surface area contributed by atoms with Crippen LogP contribution in [0.4, 0.5) is 0 Å². The first-order valence-electron chi connectivity index (χ1n) is 7.49. The van der Waals surface area contributed by atoms with Crippen LogP contribution in [0.5, 0.6) is 0 Å². The Morgan fingerprint density at radius 3 is 2.18 bits per heavy atom. The van der Waals surface area contributed by atoms with Gasteiger partial charge in [0.15, 0.2) is 0 Å². The molecule has 0 aromatic carbocycles. The van der Waals surface area contributed by atoms with Crippen LogP contribution in [0.15, 0.2) is 0 Å². The normalized spacial score (nSPS) is 37.9. The van der Waals surface area contributed by atoms with Crippen molar-refractivity contribution in [2.45, 2.75) is 76.4 Å². The van der Waals surface area contributed by atoms with Crippen molar-refractivity contribution in [3.63, 3.8) is 0 Å². The average Bonchev–Trinajstić information content (AvgIpc) is 2.40. The fraction of sp³-hybridized carbons (Fsp3) is 1.00. The average molecular weight is 239 g/mol. The van der Waals surface area contributed by atoms with Crippen molar-refractivity contribution in [3.05, 3.63) is 0 Å². The van der Waals surface area contributed by atoms with Gasteiger partial charge in [-0.1, -0.05) is 26.2 Å². The molecular formula is C15H29NO. The van der Waals surface area contributed by atoms with E-state index in [1.807, 2.05) is 7.11 Å². The first-order valence-corrected chi connectivity index (χ1v) is 7.49. The maximum atomic E-state index is 6.59. The summed E-state index contributed by atoms with van der Waals surface area (Å²) in [7, 11) is 1.87. The Hall–Kier alpha value is -0.0800. The van der Waals surface area contributed by atoms with E-state index in [9.17, 15) is 0 Å². The van der Waals surface area contributed by atoms with Gasteiger partial charge in [-0.05, 0) is 50.4 Å². The predicted octanol–water partition coefficient (Wildman–Crippen LogP) is 3.49. The van der Waals surface area contributed by atoms with Gasteiger partial charge in [0, 0.05) is 13.2 Å². The summed E-state index contributed by atoms with van der Waals surface area (Å²) in [6.07, 6.45) is 11.7. The summed E-state index contributed by atoms with van der Waals surface area (Å²) in [5.41, 5.74) is 6.58. The number of rotatable bonds is 3. The van der Waals surface area contributed by atoms with E-state index in [1.165, 1.54) is 57.8 Å². The Morgan fingerprint density at radius 1 is 1.06 bits per heavy atom. The van der Waals surface area contributed by atoms with E-state index in [0.717, 1.165) is 5.92 Å². The molecule has 0 amide bonds. The van der Waals surface area contributed by atoms with Gasteiger partial charge in [0.05, 0.1) is 5.60 Å². The molecule has 0 bridgehead atoms. The fourth-order valence-corrected chi connectivity index (χ4v) is 3.85. The maximum Gasteiger partial charge on any atom is 0.0831 e. The highest BCUT2D eigenvalue weighted by Crippen LogP contribution is 2.41. The zero-order valence-electron chi connectivity index (χ0n) is 11.6. The van der Waals surface area contributed by atoms with Crippen molar-refractivity contribution >= 4 is 0 Å². The molecule has 2 N–H and O–H groups in total. The summed E-state index contributed by atoms with van der Waals surface area (Å²) in [4.78, 5) is 0. The highest BCUT2D eigenvalue weighted by atomic mass is 16.5. The molecule has 2 saturated carbocycles. The molecule has 0 radical (unpaired) electrons.